The van der Waals surface area contributed by atoms with Gasteiger partial charge in [0.05, 0.1) is 21.0 Å². The summed E-state index contributed by atoms with van der Waals surface area (Å²) in [5, 5.41) is 23.5. The molecule has 0 radical (unpaired) electrons. The second kappa shape index (κ2) is 8.68. The topological polar surface area (TPSA) is 102 Å². The van der Waals surface area contributed by atoms with Crippen molar-refractivity contribution in [2.45, 2.75) is 6.92 Å². The Hall–Kier alpha value is -3.30. The minimum atomic E-state index is -0.419. The molecule has 3 aromatic carbocycles. The van der Waals surface area contributed by atoms with Gasteiger partial charge in [0.15, 0.2) is 0 Å². The van der Waals surface area contributed by atoms with Crippen molar-refractivity contribution in [3.05, 3.63) is 102 Å². The van der Waals surface area contributed by atoms with Crippen molar-refractivity contribution >= 4 is 43.2 Å². The lowest BCUT2D eigenvalue weighted by Crippen LogP contribution is -1.98. The van der Waals surface area contributed by atoms with Crippen molar-refractivity contribution < 1.29 is 9.85 Å². The molecule has 0 amide bonds. The van der Waals surface area contributed by atoms with Crippen LogP contribution < -0.4 is 0 Å². The summed E-state index contributed by atoms with van der Waals surface area (Å²) in [7, 11) is 0. The number of nitro groups is 2. The summed E-state index contributed by atoms with van der Waals surface area (Å²) in [6, 6.07) is 17.2. The van der Waals surface area contributed by atoms with Crippen molar-refractivity contribution in [2.75, 3.05) is 0 Å². The molecule has 0 saturated carbocycles. The highest BCUT2D eigenvalue weighted by Crippen LogP contribution is 2.43. The fourth-order valence-corrected chi connectivity index (χ4v) is 4.48. The number of benzene rings is 3. The van der Waals surface area contributed by atoms with Crippen molar-refractivity contribution in [1.82, 2.24) is 4.98 Å². The molecule has 0 atom stereocenters. The van der Waals surface area contributed by atoms with Gasteiger partial charge in [-0.1, -0.05) is 37.9 Å². The molecule has 0 bridgehead atoms. The maximum absolute atomic E-state index is 11.8. The van der Waals surface area contributed by atoms with Crippen molar-refractivity contribution in [2.24, 2.45) is 0 Å². The summed E-state index contributed by atoms with van der Waals surface area (Å²) in [6.07, 6.45) is 1.76. The predicted molar refractivity (Wildman–Crippen MR) is 131 cm³/mol. The highest BCUT2D eigenvalue weighted by atomic mass is 79.9. The average molecular weight is 557 g/mol. The first-order valence-electron chi connectivity index (χ1n) is 9.43. The van der Waals surface area contributed by atoms with Gasteiger partial charge in [-0.2, -0.15) is 0 Å². The Balaban J connectivity index is 2.04. The molecule has 1 heterocycles. The van der Waals surface area contributed by atoms with Gasteiger partial charge in [-0.3, -0.25) is 20.2 Å². The fourth-order valence-electron chi connectivity index (χ4n) is 3.78. The van der Waals surface area contributed by atoms with Crippen LogP contribution in [-0.4, -0.2) is 14.8 Å². The second-order valence-corrected chi connectivity index (χ2v) is 8.97. The van der Waals surface area contributed by atoms with E-state index in [-0.39, 0.29) is 11.4 Å². The van der Waals surface area contributed by atoms with Gasteiger partial charge in [-0.05, 0) is 60.5 Å². The summed E-state index contributed by atoms with van der Waals surface area (Å²) in [4.78, 5) is 25.8. The number of H-pyrrole nitrogens is 1. The third kappa shape index (κ3) is 4.09. The van der Waals surface area contributed by atoms with Gasteiger partial charge in [0.2, 0.25) is 0 Å². The quantitative estimate of drug-likeness (QED) is 0.201. The summed E-state index contributed by atoms with van der Waals surface area (Å²) in [6.45, 7) is 1.85. The molecular weight excluding hydrogens is 542 g/mol. The number of hydrogen-bond donors (Lipinski definition) is 1. The molecule has 9 heteroatoms. The molecule has 0 fully saturated rings. The Bertz CT molecular complexity index is 1370. The molecule has 0 aliphatic rings. The van der Waals surface area contributed by atoms with Crippen LogP contribution in [0.4, 0.5) is 11.4 Å². The largest absolute Gasteiger partial charge is 0.361 e. The number of nitro benzene ring substituents is 2. The summed E-state index contributed by atoms with van der Waals surface area (Å²) >= 11 is 6.59. The van der Waals surface area contributed by atoms with E-state index in [4.69, 9.17) is 0 Å². The molecule has 7 nitrogen and oxygen atoms in total. The molecule has 0 aliphatic carbocycles. The second-order valence-electron chi connectivity index (χ2n) is 7.14. The predicted octanol–water partition coefficient (Wildman–Crippen LogP) is 7.67. The summed E-state index contributed by atoms with van der Waals surface area (Å²) in [5.74, 6) is 0. The Morgan fingerprint density at radius 1 is 0.781 bits per heavy atom. The zero-order valence-corrected chi connectivity index (χ0v) is 19.8. The van der Waals surface area contributed by atoms with Crippen LogP contribution in [0.1, 0.15) is 5.56 Å². The Labute approximate surface area is 199 Å². The van der Waals surface area contributed by atoms with E-state index in [9.17, 15) is 20.2 Å². The van der Waals surface area contributed by atoms with Crippen LogP contribution >= 0.6 is 31.9 Å². The Morgan fingerprint density at radius 2 is 1.38 bits per heavy atom. The van der Waals surface area contributed by atoms with Gasteiger partial charge in [0.25, 0.3) is 11.4 Å². The highest BCUT2D eigenvalue weighted by Gasteiger charge is 2.24. The summed E-state index contributed by atoms with van der Waals surface area (Å²) in [5.41, 5.74) is 4.44. The van der Waals surface area contributed by atoms with Gasteiger partial charge in [0, 0.05) is 44.1 Å². The minimum Gasteiger partial charge on any atom is -0.361 e. The monoisotopic (exact) mass is 555 g/mol. The fraction of sp³-hybridized carbons (Fsp3) is 0.0435. The van der Waals surface area contributed by atoms with Crippen LogP contribution in [0.15, 0.2) is 75.8 Å². The molecule has 0 saturated heterocycles. The van der Waals surface area contributed by atoms with Gasteiger partial charge < -0.3 is 4.98 Å². The number of hydrogen-bond acceptors (Lipinski definition) is 4. The highest BCUT2D eigenvalue weighted by molar-refractivity contribution is 9.10. The SMILES string of the molecule is Cc1cc(-c2ccc(Br)cc2[N+](=O)[O-])cc(-c2ccc[nH]2)c1-c1ccc(Br)cc1[N+](=O)[O-]. The van der Waals surface area contributed by atoms with Gasteiger partial charge in [-0.25, -0.2) is 0 Å². The van der Waals surface area contributed by atoms with E-state index < -0.39 is 9.85 Å². The standard InChI is InChI=1S/C23H15Br2N3O4/c1-13-9-14(17-6-4-15(24)11-21(17)27(29)30)10-19(20-3-2-8-26-20)23(13)18-7-5-16(25)12-22(18)28(31)32/h2-12,26H,1H3. The Morgan fingerprint density at radius 3 is 1.94 bits per heavy atom. The first-order chi connectivity index (χ1) is 15.3. The number of halogens is 2. The van der Waals surface area contributed by atoms with E-state index >= 15 is 0 Å². The number of aromatic amines is 1. The number of rotatable bonds is 5. The molecule has 4 rings (SSSR count). The van der Waals surface area contributed by atoms with E-state index in [2.05, 4.69) is 36.8 Å². The normalized spacial score (nSPS) is 10.8. The van der Waals surface area contributed by atoms with E-state index in [1.165, 1.54) is 12.1 Å². The smallest absolute Gasteiger partial charge is 0.278 e. The number of aryl methyl sites for hydroxylation is 1. The van der Waals surface area contributed by atoms with Gasteiger partial charge >= 0.3 is 0 Å². The van der Waals surface area contributed by atoms with Crippen LogP contribution in [0, 0.1) is 27.2 Å². The zero-order valence-electron chi connectivity index (χ0n) is 16.6. The minimum absolute atomic E-state index is 0.0291. The van der Waals surface area contributed by atoms with Crippen LogP contribution in [0.5, 0.6) is 0 Å². The number of nitrogens with one attached hydrogen (secondary N) is 1. The van der Waals surface area contributed by atoms with Crippen molar-refractivity contribution in [3.63, 3.8) is 0 Å². The van der Waals surface area contributed by atoms with Gasteiger partial charge in [-0.15, -0.1) is 0 Å². The first-order valence-corrected chi connectivity index (χ1v) is 11.0. The molecule has 1 aromatic heterocycles. The molecule has 0 unspecified atom stereocenters. The summed E-state index contributed by atoms with van der Waals surface area (Å²) < 4.78 is 1.21. The molecule has 0 spiro atoms. The van der Waals surface area contributed by atoms with Crippen LogP contribution in [0.3, 0.4) is 0 Å². The molecule has 32 heavy (non-hydrogen) atoms. The van der Waals surface area contributed by atoms with Crippen LogP contribution in [0.25, 0.3) is 33.5 Å². The van der Waals surface area contributed by atoms with E-state index in [0.29, 0.717) is 36.8 Å². The molecule has 4 aromatic rings. The van der Waals surface area contributed by atoms with Crippen molar-refractivity contribution in [1.29, 1.82) is 0 Å². The van der Waals surface area contributed by atoms with Crippen LogP contribution in [-0.2, 0) is 0 Å². The van der Waals surface area contributed by atoms with Gasteiger partial charge in [0.1, 0.15) is 0 Å². The van der Waals surface area contributed by atoms with E-state index in [1.807, 2.05) is 31.2 Å². The molecule has 0 aliphatic heterocycles. The van der Waals surface area contributed by atoms with Crippen LogP contribution in [0.2, 0.25) is 0 Å². The number of nitrogens with zero attached hydrogens (tertiary/aromatic N) is 2. The average Bonchev–Trinajstić information content (AvgIpc) is 3.28. The first kappa shape index (κ1) is 21.9. The lowest BCUT2D eigenvalue weighted by Gasteiger charge is -2.16. The maximum Gasteiger partial charge on any atom is 0.278 e. The van der Waals surface area contributed by atoms with E-state index in [0.717, 1.165) is 11.3 Å². The third-order valence-corrected chi connectivity index (χ3v) is 6.10. The van der Waals surface area contributed by atoms with Crippen molar-refractivity contribution in [3.8, 4) is 33.5 Å². The Kier molecular flexibility index (Phi) is 5.94. The molecule has 160 valence electrons. The maximum atomic E-state index is 11.8. The van der Waals surface area contributed by atoms with E-state index in [1.54, 1.807) is 30.5 Å². The lowest BCUT2D eigenvalue weighted by molar-refractivity contribution is -0.384. The number of aromatic nitrogens is 1. The third-order valence-electron chi connectivity index (χ3n) is 5.12. The zero-order chi connectivity index (χ0) is 23.0. The molecule has 1 N–H and O–H groups in total. The lowest BCUT2D eigenvalue weighted by atomic mass is 9.88. The molecular formula is C23H15Br2N3O4.